The number of hydrogen-bond acceptors (Lipinski definition) is 2. The van der Waals surface area contributed by atoms with Gasteiger partial charge in [-0.25, -0.2) is 0 Å². The lowest BCUT2D eigenvalue weighted by atomic mass is 9.84. The van der Waals surface area contributed by atoms with Gasteiger partial charge in [-0.05, 0) is 78.3 Å². The Bertz CT molecular complexity index is 2150. The summed E-state index contributed by atoms with van der Waals surface area (Å²) in [7, 11) is 0. The summed E-state index contributed by atoms with van der Waals surface area (Å²) < 4.78 is 0. The quantitative estimate of drug-likeness (QED) is 0.210. The molecule has 0 unspecified atom stereocenters. The third kappa shape index (κ3) is 4.05. The van der Waals surface area contributed by atoms with Crippen molar-refractivity contribution in [2.75, 3.05) is 0 Å². The first kappa shape index (κ1) is 24.2. The Hall–Kier alpha value is -5.60. The van der Waals surface area contributed by atoms with Crippen molar-refractivity contribution in [3.8, 4) is 44.8 Å². The van der Waals surface area contributed by atoms with E-state index in [9.17, 15) is 0 Å². The maximum atomic E-state index is 4.69. The minimum atomic E-state index is 0.875. The zero-order valence-corrected chi connectivity index (χ0v) is 22.9. The van der Waals surface area contributed by atoms with E-state index in [-0.39, 0.29) is 0 Å². The molecule has 196 valence electrons. The van der Waals surface area contributed by atoms with Crippen molar-refractivity contribution in [3.63, 3.8) is 0 Å². The van der Waals surface area contributed by atoms with Gasteiger partial charge in [0.15, 0.2) is 0 Å². The zero-order chi connectivity index (χ0) is 27.9. The van der Waals surface area contributed by atoms with Crippen molar-refractivity contribution in [1.29, 1.82) is 0 Å². The van der Waals surface area contributed by atoms with Crippen LogP contribution in [0.4, 0.5) is 0 Å². The summed E-state index contributed by atoms with van der Waals surface area (Å²) in [6, 6.07) is 51.9. The molecule has 8 aromatic rings. The van der Waals surface area contributed by atoms with E-state index in [1.54, 1.807) is 6.20 Å². The fraction of sp³-hybridized carbons (Fsp3) is 0. The summed E-state index contributed by atoms with van der Waals surface area (Å²) in [6.07, 6.45) is 3.73. The van der Waals surface area contributed by atoms with Crippen molar-refractivity contribution in [2.24, 2.45) is 0 Å². The maximum absolute atomic E-state index is 4.69. The second-order valence-corrected chi connectivity index (χ2v) is 10.6. The van der Waals surface area contributed by atoms with Crippen molar-refractivity contribution >= 4 is 32.3 Å². The summed E-state index contributed by atoms with van der Waals surface area (Å²) >= 11 is 0. The normalized spacial score (nSPS) is 11.3. The minimum absolute atomic E-state index is 0.875. The Morgan fingerprint density at radius 1 is 0.333 bits per heavy atom. The molecule has 0 bridgehead atoms. The predicted octanol–water partition coefficient (Wildman–Crippen LogP) is 10.6. The lowest BCUT2D eigenvalue weighted by Crippen LogP contribution is -1.92. The Morgan fingerprint density at radius 3 is 1.52 bits per heavy atom. The first-order chi connectivity index (χ1) is 20.8. The molecule has 2 heterocycles. The molecule has 0 aliphatic rings. The van der Waals surface area contributed by atoms with Gasteiger partial charge in [0.2, 0.25) is 0 Å². The molecule has 0 saturated heterocycles. The van der Waals surface area contributed by atoms with Gasteiger partial charge in [-0.15, -0.1) is 0 Å². The highest BCUT2D eigenvalue weighted by Crippen LogP contribution is 2.45. The molecule has 0 amide bonds. The number of benzene rings is 6. The molecule has 0 spiro atoms. The van der Waals surface area contributed by atoms with Crippen LogP contribution in [-0.2, 0) is 0 Å². The molecule has 2 heteroatoms. The molecular formula is C40H26N2. The van der Waals surface area contributed by atoms with Crippen molar-refractivity contribution in [3.05, 3.63) is 158 Å². The average molecular weight is 535 g/mol. The second kappa shape index (κ2) is 10.1. The number of pyridine rings is 2. The van der Waals surface area contributed by atoms with Crippen molar-refractivity contribution < 1.29 is 0 Å². The standard InChI is InChI=1S/C40H26N2/c1-2-12-31-28(10-1)11-9-17-32(31)40-35-15-5-3-13-33(35)39(34-14-4-6-16-36(34)40)29-21-19-27(20-22-29)30-23-24-38(42-26-30)37-18-7-8-25-41-37/h1-26H. The molecule has 2 aromatic heterocycles. The Labute approximate surface area is 244 Å². The van der Waals surface area contributed by atoms with Gasteiger partial charge < -0.3 is 0 Å². The van der Waals surface area contributed by atoms with Crippen LogP contribution < -0.4 is 0 Å². The smallest absolute Gasteiger partial charge is 0.0886 e. The SMILES string of the molecule is c1ccc(-c2ccc(-c3ccc(-c4c5ccccc5c(-c5cccc6ccccc56)c5ccccc45)cc3)cn2)nc1. The lowest BCUT2D eigenvalue weighted by molar-refractivity contribution is 1.25. The first-order valence-corrected chi connectivity index (χ1v) is 14.2. The Morgan fingerprint density at radius 2 is 0.881 bits per heavy atom. The van der Waals surface area contributed by atoms with E-state index in [1.165, 1.54) is 54.6 Å². The monoisotopic (exact) mass is 534 g/mol. The number of nitrogens with zero attached hydrogens (tertiary/aromatic N) is 2. The highest BCUT2D eigenvalue weighted by Gasteiger charge is 2.17. The molecule has 0 atom stereocenters. The second-order valence-electron chi connectivity index (χ2n) is 10.6. The summed E-state index contributed by atoms with van der Waals surface area (Å²) in [4.78, 5) is 9.11. The molecule has 0 fully saturated rings. The maximum Gasteiger partial charge on any atom is 0.0886 e. The Kier molecular flexibility index (Phi) is 5.82. The zero-order valence-electron chi connectivity index (χ0n) is 22.9. The summed E-state index contributed by atoms with van der Waals surface area (Å²) in [6.45, 7) is 0. The van der Waals surface area contributed by atoms with Gasteiger partial charge in [0.05, 0.1) is 11.4 Å². The lowest BCUT2D eigenvalue weighted by Gasteiger charge is -2.19. The van der Waals surface area contributed by atoms with Crippen molar-refractivity contribution in [1.82, 2.24) is 9.97 Å². The molecule has 0 radical (unpaired) electrons. The first-order valence-electron chi connectivity index (χ1n) is 14.2. The van der Waals surface area contributed by atoms with Crippen LogP contribution in [0.15, 0.2) is 158 Å². The largest absolute Gasteiger partial charge is 0.255 e. The van der Waals surface area contributed by atoms with Crippen molar-refractivity contribution in [2.45, 2.75) is 0 Å². The van der Waals surface area contributed by atoms with Crippen LogP contribution in [0.2, 0.25) is 0 Å². The molecule has 8 rings (SSSR count). The predicted molar refractivity (Wildman–Crippen MR) is 176 cm³/mol. The average Bonchev–Trinajstić information content (AvgIpc) is 3.07. The molecule has 0 aliphatic carbocycles. The third-order valence-corrected chi connectivity index (χ3v) is 8.19. The molecule has 6 aromatic carbocycles. The number of fused-ring (bicyclic) bond motifs is 3. The van der Waals surface area contributed by atoms with Gasteiger partial charge in [-0.3, -0.25) is 9.97 Å². The third-order valence-electron chi connectivity index (χ3n) is 8.19. The van der Waals surface area contributed by atoms with Crippen LogP contribution in [-0.4, -0.2) is 9.97 Å². The summed E-state index contributed by atoms with van der Waals surface area (Å²) in [5, 5.41) is 7.57. The van der Waals surface area contributed by atoms with Crippen LogP contribution >= 0.6 is 0 Å². The van der Waals surface area contributed by atoms with E-state index in [0.717, 1.165) is 22.5 Å². The van der Waals surface area contributed by atoms with E-state index >= 15 is 0 Å². The fourth-order valence-corrected chi connectivity index (χ4v) is 6.23. The number of hydrogen-bond donors (Lipinski definition) is 0. The van der Waals surface area contributed by atoms with Gasteiger partial charge in [0.25, 0.3) is 0 Å². The van der Waals surface area contributed by atoms with Crippen LogP contribution in [0.3, 0.4) is 0 Å². The summed E-state index contributed by atoms with van der Waals surface area (Å²) in [5.74, 6) is 0. The minimum Gasteiger partial charge on any atom is -0.255 e. The molecule has 2 nitrogen and oxygen atoms in total. The van der Waals surface area contributed by atoms with Gasteiger partial charge in [-0.2, -0.15) is 0 Å². The van der Waals surface area contributed by atoms with Gasteiger partial charge in [0, 0.05) is 18.0 Å². The number of rotatable bonds is 4. The van der Waals surface area contributed by atoms with E-state index in [2.05, 4.69) is 131 Å². The molecule has 0 aliphatic heterocycles. The van der Waals surface area contributed by atoms with E-state index in [0.29, 0.717) is 0 Å². The Balaban J connectivity index is 1.29. The van der Waals surface area contributed by atoms with Crippen LogP contribution in [0, 0.1) is 0 Å². The van der Waals surface area contributed by atoms with E-state index < -0.39 is 0 Å². The van der Waals surface area contributed by atoms with E-state index in [4.69, 9.17) is 0 Å². The highest BCUT2D eigenvalue weighted by molar-refractivity contribution is 6.23. The van der Waals surface area contributed by atoms with Crippen LogP contribution in [0.1, 0.15) is 0 Å². The number of aromatic nitrogens is 2. The molecular weight excluding hydrogens is 508 g/mol. The van der Waals surface area contributed by atoms with Gasteiger partial charge >= 0.3 is 0 Å². The molecule has 0 N–H and O–H groups in total. The topological polar surface area (TPSA) is 25.8 Å². The fourth-order valence-electron chi connectivity index (χ4n) is 6.23. The highest BCUT2D eigenvalue weighted by atomic mass is 14.8. The van der Waals surface area contributed by atoms with E-state index in [1.807, 2.05) is 30.5 Å². The van der Waals surface area contributed by atoms with Gasteiger partial charge in [-0.1, -0.05) is 127 Å². The van der Waals surface area contributed by atoms with Crippen LogP contribution in [0.5, 0.6) is 0 Å². The van der Waals surface area contributed by atoms with Gasteiger partial charge in [0.1, 0.15) is 0 Å². The van der Waals surface area contributed by atoms with Crippen LogP contribution in [0.25, 0.3) is 77.1 Å². The molecule has 42 heavy (non-hydrogen) atoms. The summed E-state index contributed by atoms with van der Waals surface area (Å²) in [5.41, 5.74) is 9.00. The molecule has 0 saturated carbocycles.